The van der Waals surface area contributed by atoms with Crippen molar-refractivity contribution in [2.45, 2.75) is 56.9 Å². The second-order valence-corrected chi connectivity index (χ2v) is 7.15. The number of amides is 2. The number of nitrogens with one attached hydrogen (secondary N) is 2. The third kappa shape index (κ3) is 3.38. The number of hydrogen-bond donors (Lipinski definition) is 2. The lowest BCUT2D eigenvalue weighted by Crippen LogP contribution is -2.53. The van der Waals surface area contributed by atoms with Gasteiger partial charge in [-0.3, -0.25) is 9.59 Å². The van der Waals surface area contributed by atoms with Crippen LogP contribution in [0.1, 0.15) is 48.0 Å². The van der Waals surface area contributed by atoms with E-state index >= 15 is 0 Å². The molecule has 1 aliphatic carbocycles. The first-order chi connectivity index (χ1) is 12.8. The van der Waals surface area contributed by atoms with Crippen molar-refractivity contribution in [2.24, 2.45) is 0 Å². The van der Waals surface area contributed by atoms with Gasteiger partial charge in [0.15, 0.2) is 0 Å². The van der Waals surface area contributed by atoms with Gasteiger partial charge in [-0.25, -0.2) is 4.98 Å². The minimum Gasteiger partial charge on any atom is -0.352 e. The van der Waals surface area contributed by atoms with Crippen LogP contribution in [-0.4, -0.2) is 44.9 Å². The van der Waals surface area contributed by atoms with Gasteiger partial charge in [-0.2, -0.15) is 13.2 Å². The minimum atomic E-state index is -4.57. The second kappa shape index (κ2) is 6.54. The van der Waals surface area contributed by atoms with Crippen LogP contribution in [0.25, 0.3) is 11.0 Å². The molecule has 2 N–H and O–H groups in total. The predicted octanol–water partition coefficient (Wildman–Crippen LogP) is 2.90. The molecule has 0 bridgehead atoms. The zero-order valence-electron chi connectivity index (χ0n) is 14.5. The number of carbonyl (C=O) groups is 2. The van der Waals surface area contributed by atoms with E-state index in [1.54, 1.807) is 6.07 Å². The SMILES string of the molecule is O=C(NC1CCCC1)C(CC(F)(F)F)N1Cc2ccnc3[nH]cc(c23)C1=O. The van der Waals surface area contributed by atoms with Gasteiger partial charge in [0.25, 0.3) is 5.91 Å². The molecule has 3 heterocycles. The number of hydrogen-bond acceptors (Lipinski definition) is 3. The van der Waals surface area contributed by atoms with Gasteiger partial charge in [-0.05, 0) is 24.5 Å². The van der Waals surface area contributed by atoms with Gasteiger partial charge in [0.05, 0.1) is 12.0 Å². The number of halogens is 3. The molecule has 1 unspecified atom stereocenters. The Balaban J connectivity index is 1.65. The first-order valence-electron chi connectivity index (χ1n) is 8.96. The van der Waals surface area contributed by atoms with Crippen LogP contribution in [-0.2, 0) is 11.3 Å². The van der Waals surface area contributed by atoms with Crippen LogP contribution in [0.15, 0.2) is 18.5 Å². The Morgan fingerprint density at radius 1 is 1.37 bits per heavy atom. The van der Waals surface area contributed by atoms with Crippen molar-refractivity contribution in [2.75, 3.05) is 0 Å². The summed E-state index contributed by atoms with van der Waals surface area (Å²) in [6, 6.07) is -0.0496. The molecule has 0 radical (unpaired) electrons. The summed E-state index contributed by atoms with van der Waals surface area (Å²) in [7, 11) is 0. The summed E-state index contributed by atoms with van der Waals surface area (Å²) in [5.41, 5.74) is 1.44. The molecule has 2 aliphatic rings. The summed E-state index contributed by atoms with van der Waals surface area (Å²) in [6.45, 7) is -0.0540. The maximum Gasteiger partial charge on any atom is 0.391 e. The van der Waals surface area contributed by atoms with Crippen LogP contribution in [0, 0.1) is 0 Å². The van der Waals surface area contributed by atoms with Gasteiger partial charge >= 0.3 is 6.18 Å². The van der Waals surface area contributed by atoms with E-state index in [9.17, 15) is 22.8 Å². The first kappa shape index (κ1) is 17.8. The molecule has 2 amide bonds. The summed E-state index contributed by atoms with van der Waals surface area (Å²) >= 11 is 0. The highest BCUT2D eigenvalue weighted by atomic mass is 19.4. The van der Waals surface area contributed by atoms with E-state index in [0.717, 1.165) is 30.6 Å². The van der Waals surface area contributed by atoms with E-state index in [4.69, 9.17) is 0 Å². The van der Waals surface area contributed by atoms with Crippen LogP contribution < -0.4 is 5.32 Å². The fraction of sp³-hybridized carbons (Fsp3) is 0.500. The van der Waals surface area contributed by atoms with Crippen molar-refractivity contribution in [3.8, 4) is 0 Å². The Labute approximate surface area is 153 Å². The minimum absolute atomic E-state index is 0.0540. The quantitative estimate of drug-likeness (QED) is 0.856. The van der Waals surface area contributed by atoms with Crippen molar-refractivity contribution in [1.29, 1.82) is 0 Å². The van der Waals surface area contributed by atoms with Crippen molar-refractivity contribution in [3.63, 3.8) is 0 Å². The Hall–Kier alpha value is -2.58. The summed E-state index contributed by atoms with van der Waals surface area (Å²) in [5, 5.41) is 3.32. The summed E-state index contributed by atoms with van der Waals surface area (Å²) < 4.78 is 39.6. The molecule has 2 aromatic heterocycles. The maximum absolute atomic E-state index is 13.2. The van der Waals surface area contributed by atoms with Gasteiger partial charge < -0.3 is 15.2 Å². The lowest BCUT2D eigenvalue weighted by Gasteiger charge is -2.34. The van der Waals surface area contributed by atoms with E-state index < -0.39 is 30.5 Å². The average Bonchev–Trinajstić information content (AvgIpc) is 3.26. The van der Waals surface area contributed by atoms with Crippen molar-refractivity contribution >= 4 is 22.8 Å². The number of aromatic amines is 1. The molecule has 1 saturated carbocycles. The molecule has 2 aromatic rings. The number of carbonyl (C=O) groups excluding carboxylic acids is 2. The highest BCUT2D eigenvalue weighted by Gasteiger charge is 2.43. The van der Waals surface area contributed by atoms with Crippen molar-refractivity contribution in [1.82, 2.24) is 20.2 Å². The van der Waals surface area contributed by atoms with Gasteiger partial charge in [0, 0.05) is 30.4 Å². The van der Waals surface area contributed by atoms with Crippen LogP contribution in [0.4, 0.5) is 13.2 Å². The van der Waals surface area contributed by atoms with E-state index in [1.165, 1.54) is 12.4 Å². The number of pyridine rings is 1. The smallest absolute Gasteiger partial charge is 0.352 e. The van der Waals surface area contributed by atoms with Gasteiger partial charge in [0.2, 0.25) is 5.91 Å². The molecule has 4 rings (SSSR count). The third-order valence-corrected chi connectivity index (χ3v) is 5.30. The number of alkyl halides is 3. The molecular weight excluding hydrogens is 361 g/mol. The molecule has 6 nitrogen and oxygen atoms in total. The van der Waals surface area contributed by atoms with Crippen LogP contribution in [0.5, 0.6) is 0 Å². The van der Waals surface area contributed by atoms with Gasteiger partial charge in [0.1, 0.15) is 11.7 Å². The average molecular weight is 380 g/mol. The Morgan fingerprint density at radius 3 is 2.81 bits per heavy atom. The highest BCUT2D eigenvalue weighted by molar-refractivity contribution is 6.10. The largest absolute Gasteiger partial charge is 0.391 e. The number of aromatic nitrogens is 2. The third-order valence-electron chi connectivity index (χ3n) is 5.30. The fourth-order valence-corrected chi connectivity index (χ4v) is 4.02. The highest BCUT2D eigenvalue weighted by Crippen LogP contribution is 2.33. The lowest BCUT2D eigenvalue weighted by molar-refractivity contribution is -0.156. The molecule has 1 aliphatic heterocycles. The standard InChI is InChI=1S/C18H19F3N4O2/c19-18(20,21)7-13(16(26)24-11-3-1-2-4-11)25-9-10-5-6-22-15-14(10)12(8-23-15)17(25)27/h5-6,8,11,13H,1-4,7,9H2,(H,22,23)(H,24,26). The monoisotopic (exact) mass is 380 g/mol. The molecule has 0 spiro atoms. The molecule has 144 valence electrons. The van der Waals surface area contributed by atoms with Gasteiger partial charge in [-0.1, -0.05) is 12.8 Å². The maximum atomic E-state index is 13.2. The van der Waals surface area contributed by atoms with Crippen molar-refractivity contribution in [3.05, 3.63) is 29.6 Å². The molecule has 1 fully saturated rings. The van der Waals surface area contributed by atoms with Gasteiger partial charge in [-0.15, -0.1) is 0 Å². The molecule has 0 saturated heterocycles. The summed E-state index contributed by atoms with van der Waals surface area (Å²) in [6.07, 6.45) is 0.433. The fourth-order valence-electron chi connectivity index (χ4n) is 4.02. The molecular formula is C18H19F3N4O2. The van der Waals surface area contributed by atoms with Crippen LogP contribution >= 0.6 is 0 Å². The summed E-state index contributed by atoms with van der Waals surface area (Å²) in [5.74, 6) is -1.32. The molecule has 0 aromatic carbocycles. The zero-order valence-corrected chi connectivity index (χ0v) is 14.5. The topological polar surface area (TPSA) is 78.1 Å². The van der Waals surface area contributed by atoms with E-state index in [2.05, 4.69) is 15.3 Å². The van der Waals surface area contributed by atoms with Crippen LogP contribution in [0.2, 0.25) is 0 Å². The molecule has 1 atom stereocenters. The zero-order chi connectivity index (χ0) is 19.2. The first-order valence-corrected chi connectivity index (χ1v) is 8.96. The second-order valence-electron chi connectivity index (χ2n) is 7.15. The van der Waals surface area contributed by atoms with E-state index in [1.807, 2.05) is 0 Å². The Morgan fingerprint density at radius 2 is 2.11 bits per heavy atom. The molecule has 27 heavy (non-hydrogen) atoms. The number of rotatable bonds is 4. The normalized spacial score (nSPS) is 18.9. The van der Waals surface area contributed by atoms with Crippen molar-refractivity contribution < 1.29 is 22.8 Å². The lowest BCUT2D eigenvalue weighted by atomic mass is 9.99. The van der Waals surface area contributed by atoms with E-state index in [-0.39, 0.29) is 18.2 Å². The Kier molecular flexibility index (Phi) is 4.32. The van der Waals surface area contributed by atoms with Crippen LogP contribution in [0.3, 0.4) is 0 Å². The Bertz CT molecular complexity index is 886. The number of H-pyrrole nitrogens is 1. The number of nitrogens with zero attached hydrogens (tertiary/aromatic N) is 2. The van der Waals surface area contributed by atoms with E-state index in [0.29, 0.717) is 16.6 Å². The summed E-state index contributed by atoms with van der Waals surface area (Å²) in [4.78, 5) is 33.6. The predicted molar refractivity (Wildman–Crippen MR) is 90.8 cm³/mol. The molecule has 9 heteroatoms.